The summed E-state index contributed by atoms with van der Waals surface area (Å²) in [6.45, 7) is 0. The van der Waals surface area contributed by atoms with E-state index in [9.17, 15) is 0 Å². The number of hydrogen-bond acceptors (Lipinski definition) is 3. The van der Waals surface area contributed by atoms with Crippen LogP contribution in [0.2, 0.25) is 0 Å². The van der Waals surface area contributed by atoms with Gasteiger partial charge in [0.25, 0.3) is 0 Å². The third-order valence-corrected chi connectivity index (χ3v) is 22.9. The van der Waals surface area contributed by atoms with Gasteiger partial charge in [0.1, 0.15) is 0 Å². The van der Waals surface area contributed by atoms with Gasteiger partial charge in [-0.2, -0.15) is 0 Å². The molecule has 1 aliphatic heterocycles. The van der Waals surface area contributed by atoms with Crippen LogP contribution in [0, 0.1) is 0 Å². The number of nitrogens with zero attached hydrogens (tertiary/aromatic N) is 3. The number of aromatic nitrogens is 3. The van der Waals surface area contributed by atoms with E-state index in [-0.39, 0.29) is 0 Å². The van der Waals surface area contributed by atoms with Gasteiger partial charge in [-0.25, -0.2) is 0 Å². The van der Waals surface area contributed by atoms with Crippen LogP contribution < -0.4 is 17.7 Å². The third-order valence-electron chi connectivity index (χ3n) is 11.9. The molecule has 0 amide bonds. The number of hydrogen-bond donors (Lipinski definition) is 0. The molecule has 0 saturated carbocycles. The molecule has 11 aromatic rings. The molecule has 0 unspecified atom stereocenters. The molecule has 1 aliphatic rings. The normalized spacial score (nSPS) is 13.1. The van der Waals surface area contributed by atoms with Crippen LogP contribution in [0.3, 0.4) is 0 Å². The van der Waals surface area contributed by atoms with Crippen molar-refractivity contribution in [2.75, 3.05) is 0 Å². The molecule has 5 heteroatoms. The Morgan fingerprint density at radius 2 is 1.07 bits per heavy atom. The Balaban J connectivity index is 1.11. The number of para-hydroxylation sites is 1. The van der Waals surface area contributed by atoms with Crippen molar-refractivity contribution in [1.82, 2.24) is 14.5 Å². The number of rotatable bonds is 5. The summed E-state index contributed by atoms with van der Waals surface area (Å²) in [6.07, 6.45) is 0. The van der Waals surface area contributed by atoms with E-state index in [2.05, 4.69) is 205 Å². The van der Waals surface area contributed by atoms with Crippen molar-refractivity contribution < 1.29 is 0 Å². The SMILES string of the molecule is c1ccc(-c2nc(-c3ccc(-n4c5ccccc5c5cc6c(cc54)sc4ccccc46)cc3)c3[c](n2)[Ge]([c]2ccccc2)([c]2ccccc2)[c]2ccccc2-3)cc1. The number of thiophene rings is 1. The van der Waals surface area contributed by atoms with Crippen LogP contribution >= 0.6 is 11.3 Å². The zero-order chi connectivity index (χ0) is 37.5. The van der Waals surface area contributed by atoms with Crippen LogP contribution in [0.5, 0.6) is 0 Å². The van der Waals surface area contributed by atoms with Crippen LogP contribution in [0.15, 0.2) is 200 Å². The van der Waals surface area contributed by atoms with E-state index in [1.165, 1.54) is 65.3 Å². The van der Waals surface area contributed by atoms with Gasteiger partial charge in [0.05, 0.1) is 0 Å². The molecule has 3 nitrogen and oxygen atoms in total. The van der Waals surface area contributed by atoms with Gasteiger partial charge in [0.15, 0.2) is 0 Å². The van der Waals surface area contributed by atoms with Crippen molar-refractivity contribution in [3.8, 4) is 39.5 Å². The zero-order valence-corrected chi connectivity index (χ0v) is 33.7. The summed E-state index contributed by atoms with van der Waals surface area (Å²) in [5, 5.41) is 5.17. The first-order valence-electron chi connectivity index (χ1n) is 19.4. The molecule has 4 heterocycles. The Hall–Kier alpha value is -6.60. The second-order valence-corrected chi connectivity index (χ2v) is 23.7. The van der Waals surface area contributed by atoms with Crippen molar-refractivity contribution >= 4 is 84.3 Å². The molecule has 0 radical (unpaired) electrons. The molecule has 0 bridgehead atoms. The predicted molar refractivity (Wildman–Crippen MR) is 243 cm³/mol. The molecular formula is C52H33GeN3S. The first kappa shape index (κ1) is 32.6. The number of benzene rings is 8. The van der Waals surface area contributed by atoms with E-state index in [4.69, 9.17) is 9.97 Å². The van der Waals surface area contributed by atoms with E-state index >= 15 is 0 Å². The van der Waals surface area contributed by atoms with E-state index in [0.717, 1.165) is 33.9 Å². The number of fused-ring (bicyclic) bond motifs is 9. The molecule has 0 N–H and O–H groups in total. The van der Waals surface area contributed by atoms with Gasteiger partial charge < -0.3 is 0 Å². The Morgan fingerprint density at radius 1 is 0.439 bits per heavy atom. The molecule has 0 spiro atoms. The van der Waals surface area contributed by atoms with E-state index in [0.29, 0.717) is 0 Å². The standard InChI is InChI=1S/C52H33GeN3S/c1-4-16-35(17-5-1)52-54-50(49-41-24-10-13-25-44(41)53(51(49)55-52,36-18-6-2-7-19-36)37-20-8-3-9-21-37)34-28-30-38(31-29-34)56-45-26-14-11-22-39(45)42-32-43-40-23-12-15-27-47(40)57-48(43)33-46(42)56/h1-33H. The van der Waals surface area contributed by atoms with Crippen LogP contribution in [0.4, 0.5) is 0 Å². The predicted octanol–water partition coefficient (Wildman–Crippen LogP) is 10.6. The molecular weight excluding hydrogens is 771 g/mol. The summed E-state index contributed by atoms with van der Waals surface area (Å²) in [4.78, 5) is 11.2. The maximum absolute atomic E-state index is 5.67. The van der Waals surface area contributed by atoms with Gasteiger partial charge in [0.2, 0.25) is 0 Å². The summed E-state index contributed by atoms with van der Waals surface area (Å²) in [6, 6.07) is 73.3. The molecule has 0 fully saturated rings. The first-order chi connectivity index (χ1) is 28.3. The fraction of sp³-hybridized carbons (Fsp3) is 0. The summed E-state index contributed by atoms with van der Waals surface area (Å²) in [5.41, 5.74) is 9.03. The van der Waals surface area contributed by atoms with Gasteiger partial charge in [-0.05, 0) is 6.07 Å². The Kier molecular flexibility index (Phi) is 7.28. The molecule has 0 aliphatic carbocycles. The molecule has 12 rings (SSSR count). The van der Waals surface area contributed by atoms with Crippen LogP contribution in [0.25, 0.3) is 81.4 Å². The fourth-order valence-electron chi connectivity index (χ4n) is 9.43. The monoisotopic (exact) mass is 805 g/mol. The Bertz CT molecular complexity index is 3300. The molecule has 8 aromatic carbocycles. The van der Waals surface area contributed by atoms with Crippen LogP contribution in [-0.4, -0.2) is 27.8 Å². The van der Waals surface area contributed by atoms with E-state index in [1.54, 1.807) is 0 Å². The van der Waals surface area contributed by atoms with Crippen molar-refractivity contribution in [3.63, 3.8) is 0 Å². The minimum absolute atomic E-state index is 0.762. The summed E-state index contributed by atoms with van der Waals surface area (Å²) >= 11 is -1.77. The van der Waals surface area contributed by atoms with Gasteiger partial charge in [-0.3, -0.25) is 0 Å². The Morgan fingerprint density at radius 3 is 1.82 bits per heavy atom. The van der Waals surface area contributed by atoms with Crippen molar-refractivity contribution in [2.24, 2.45) is 0 Å². The quantitative estimate of drug-likeness (QED) is 0.162. The second-order valence-electron chi connectivity index (χ2n) is 14.9. The minimum atomic E-state index is -3.64. The van der Waals surface area contributed by atoms with Gasteiger partial charge in [-0.15, -0.1) is 0 Å². The molecule has 57 heavy (non-hydrogen) atoms. The third kappa shape index (κ3) is 4.78. The van der Waals surface area contributed by atoms with Gasteiger partial charge in [-0.1, -0.05) is 18.2 Å². The van der Waals surface area contributed by atoms with Crippen molar-refractivity contribution in [3.05, 3.63) is 200 Å². The molecule has 0 saturated heterocycles. The molecule has 266 valence electrons. The van der Waals surface area contributed by atoms with Crippen molar-refractivity contribution in [1.29, 1.82) is 0 Å². The molecule has 3 aromatic heterocycles. The first-order valence-corrected chi connectivity index (χ1v) is 24.4. The summed E-state index contributed by atoms with van der Waals surface area (Å²) in [7, 11) is 0. The van der Waals surface area contributed by atoms with Crippen LogP contribution in [-0.2, 0) is 0 Å². The van der Waals surface area contributed by atoms with Gasteiger partial charge >= 0.3 is 304 Å². The fourth-order valence-corrected chi connectivity index (χ4v) is 21.0. The second kappa shape index (κ2) is 12.7. The zero-order valence-electron chi connectivity index (χ0n) is 30.8. The average molecular weight is 805 g/mol. The van der Waals surface area contributed by atoms with Crippen LogP contribution in [0.1, 0.15) is 0 Å². The van der Waals surface area contributed by atoms with Crippen molar-refractivity contribution in [2.45, 2.75) is 0 Å². The topological polar surface area (TPSA) is 30.7 Å². The maximum atomic E-state index is 5.67. The van der Waals surface area contributed by atoms with E-state index in [1.807, 2.05) is 11.3 Å². The summed E-state index contributed by atoms with van der Waals surface area (Å²) < 4.78 is 10.4. The van der Waals surface area contributed by atoms with E-state index < -0.39 is 13.3 Å². The summed E-state index contributed by atoms with van der Waals surface area (Å²) in [5.74, 6) is 0.762. The van der Waals surface area contributed by atoms with Gasteiger partial charge in [0, 0.05) is 10.1 Å². The Labute approximate surface area is 336 Å². The molecule has 0 atom stereocenters. The average Bonchev–Trinajstić information content (AvgIpc) is 3.92.